The van der Waals surface area contributed by atoms with Crippen molar-refractivity contribution in [3.63, 3.8) is 0 Å². The first-order valence-electron chi connectivity index (χ1n) is 25.1. The summed E-state index contributed by atoms with van der Waals surface area (Å²) in [6.45, 7) is 15.8. The molecule has 0 unspecified atom stereocenters. The Morgan fingerprint density at radius 2 is 0.940 bits per heavy atom. The number of amides is 1. The molecule has 37 heteroatoms. The predicted molar refractivity (Wildman–Crippen MR) is 291 cm³/mol. The fraction of sp³-hybridized carbons (Fsp3) is 0.652. The second-order valence-electron chi connectivity index (χ2n) is 17.9. The number of sulfonamides is 4. The first-order valence-corrected chi connectivity index (χ1v) is 32.7. The molecule has 0 aliphatic carbocycles. The molecule has 83 heavy (non-hydrogen) atoms. The van der Waals surface area contributed by atoms with Gasteiger partial charge in [-0.25, -0.2) is 67.5 Å². The average molecular weight is 1300 g/mol. The molecular weight excluding hydrogens is 1230 g/mol. The third-order valence-electron chi connectivity index (χ3n) is 11.2. The van der Waals surface area contributed by atoms with Gasteiger partial charge in [0.2, 0.25) is 10.0 Å². The van der Waals surface area contributed by atoms with Gasteiger partial charge in [-0.05, 0) is 79.6 Å². The number of carbonyl (C=O) groups is 8. The molecule has 0 aromatic carbocycles. The first-order chi connectivity index (χ1) is 38.4. The van der Waals surface area contributed by atoms with Crippen LogP contribution < -0.4 is 20.5 Å². The number of carboxylic acid groups (broad SMARTS) is 1. The maximum absolute atomic E-state index is 13.2. The minimum absolute atomic E-state index is 0.0520. The molecule has 472 valence electrons. The van der Waals surface area contributed by atoms with Crippen LogP contribution in [-0.2, 0) is 116 Å². The van der Waals surface area contributed by atoms with Crippen LogP contribution in [0.2, 0.25) is 0 Å². The summed E-state index contributed by atoms with van der Waals surface area (Å²) in [5.74, 6) is -8.07. The number of ether oxygens (including phenoxy) is 8. The van der Waals surface area contributed by atoms with E-state index in [0.717, 1.165) is 34.6 Å². The van der Waals surface area contributed by atoms with Gasteiger partial charge in [0.15, 0.2) is 36.6 Å². The highest BCUT2D eigenvalue weighted by Gasteiger charge is 2.42. The number of hydrogen-bond donors (Lipinski definition) is 5. The molecule has 2 aromatic rings. The van der Waals surface area contributed by atoms with Crippen molar-refractivity contribution in [3.05, 3.63) is 23.3 Å². The molecule has 2 aliphatic heterocycles. The van der Waals surface area contributed by atoms with Crippen molar-refractivity contribution in [1.82, 2.24) is 24.0 Å². The van der Waals surface area contributed by atoms with Gasteiger partial charge >= 0.3 is 41.8 Å². The Morgan fingerprint density at radius 3 is 1.28 bits per heavy atom. The largest absolute Gasteiger partial charge is 0.479 e. The van der Waals surface area contributed by atoms with E-state index in [2.05, 4.69) is 29.6 Å². The summed E-state index contributed by atoms with van der Waals surface area (Å²) < 4.78 is 143. The van der Waals surface area contributed by atoms with Crippen LogP contribution in [-0.4, -0.2) is 198 Å². The molecule has 4 rings (SSSR count). The number of thiophene rings is 2. The highest BCUT2D eigenvalue weighted by Crippen LogP contribution is 2.41. The Hall–Kier alpha value is -5.32. The summed E-state index contributed by atoms with van der Waals surface area (Å²) in [6, 6.07) is 1.83. The number of carboxylic acids is 1. The lowest BCUT2D eigenvalue weighted by Gasteiger charge is -2.32. The number of carbonyl (C=O) groups excluding carboxylic acids is 7. The standard InChI is InChI=1S/C23H35N3O12S3.C12H21N3O5S3.C11H16O8/c1-7-24-18-12-26(9-8-10-35-6)41(33,34)23-17(18)11-19(39-23)40(31,32)25-20(28)13(2)37-22(30)15(4)38-21(29)14(3)36-16(5)27;1-3-14-10-8-15(5-4-6-20-2)23(18,19)12-9(10)7-11(21-12)22(13,16)17;1-5(9(13)14)18-11(16)7(3)19-10(15)6(2)17-8(4)12/h11,13-15,18,24H,7-10,12H2,1-6H3,(H,25,28);7,10,14H,3-6,8H2,1-2H3,(H2,13,16,17);5-7H,1-4H3,(H,13,14)/t13-,14-,15-,18-;10-;5-,6+,7-/m001/s1. The molecule has 1 amide bonds. The van der Waals surface area contributed by atoms with Crippen LogP contribution in [0.4, 0.5) is 0 Å². The SMILES string of the molecule is CC(=O)O[C@@H](C)C(=O)O[C@H](C)C(=O)O[C@H](C)C(=O)O.CCN[C@H]1CN(CCCOC)S(=O)(=O)c2sc(S(=O)(=O)NC(=O)[C@H](C)OC(=O)[C@H](C)OC(=O)[C@H](C)OC(C)=O)cc21.CCN[C@H]1CN(CCCOC)S(=O)(=O)c2sc(S(N)(=O)=O)cc21. The van der Waals surface area contributed by atoms with E-state index in [4.69, 9.17) is 29.2 Å². The summed E-state index contributed by atoms with van der Waals surface area (Å²) in [4.78, 5) is 91.6. The fourth-order valence-corrected chi connectivity index (χ4v) is 16.3. The Labute approximate surface area is 489 Å². The monoisotopic (exact) mass is 1300 g/mol. The average Bonchev–Trinajstić information content (AvgIpc) is 4.22. The van der Waals surface area contributed by atoms with E-state index >= 15 is 0 Å². The van der Waals surface area contributed by atoms with Crippen molar-refractivity contribution in [3.8, 4) is 0 Å². The summed E-state index contributed by atoms with van der Waals surface area (Å²) in [6.07, 6.45) is -7.23. The Balaban J connectivity index is 0.000000471. The minimum atomic E-state index is -4.56. The number of likely N-dealkylation sites (N-methyl/N-ethyl adjacent to an activating group) is 2. The Morgan fingerprint density at radius 1 is 0.602 bits per heavy atom. The van der Waals surface area contributed by atoms with Crippen LogP contribution in [0, 0.1) is 0 Å². The second kappa shape index (κ2) is 32.8. The predicted octanol–water partition coefficient (Wildman–Crippen LogP) is 0.0323. The van der Waals surface area contributed by atoms with Gasteiger partial charge in [0.25, 0.3) is 36.0 Å². The number of rotatable bonds is 27. The number of nitrogens with one attached hydrogen (secondary N) is 3. The number of fused-ring (bicyclic) bond motifs is 2. The van der Waals surface area contributed by atoms with Crippen molar-refractivity contribution in [1.29, 1.82) is 0 Å². The third kappa shape index (κ3) is 21.9. The summed E-state index contributed by atoms with van der Waals surface area (Å²) in [5, 5.41) is 20.0. The maximum atomic E-state index is 13.2. The summed E-state index contributed by atoms with van der Waals surface area (Å²) in [7, 11) is -13.2. The van der Waals surface area contributed by atoms with Gasteiger partial charge in [0.1, 0.15) is 16.8 Å². The molecule has 0 fully saturated rings. The normalized spacial score (nSPS) is 18.6. The van der Waals surface area contributed by atoms with Crippen LogP contribution in [0.1, 0.15) is 105 Å². The molecule has 2 aliphatic rings. The minimum Gasteiger partial charge on any atom is -0.479 e. The molecule has 0 radical (unpaired) electrons. The molecule has 31 nitrogen and oxygen atoms in total. The number of nitrogens with two attached hydrogens (primary N) is 1. The van der Waals surface area contributed by atoms with E-state index in [-0.39, 0.29) is 43.9 Å². The Kier molecular flexibility index (Phi) is 29.2. The van der Waals surface area contributed by atoms with Crippen molar-refractivity contribution in [2.45, 2.75) is 148 Å². The van der Waals surface area contributed by atoms with Crippen LogP contribution >= 0.6 is 22.7 Å². The van der Waals surface area contributed by atoms with Crippen LogP contribution in [0.25, 0.3) is 0 Å². The lowest BCUT2D eigenvalue weighted by atomic mass is 10.1. The number of esters is 6. The van der Waals surface area contributed by atoms with Gasteiger partial charge in [0, 0.05) is 90.7 Å². The van der Waals surface area contributed by atoms with Gasteiger partial charge < -0.3 is 53.6 Å². The molecule has 0 saturated heterocycles. The topological polar surface area (TPSA) is 436 Å². The molecule has 4 heterocycles. The van der Waals surface area contributed by atoms with E-state index in [9.17, 15) is 72.0 Å². The lowest BCUT2D eigenvalue weighted by molar-refractivity contribution is -0.180. The lowest BCUT2D eigenvalue weighted by Crippen LogP contribution is -2.43. The highest BCUT2D eigenvalue weighted by molar-refractivity contribution is 7.94. The first kappa shape index (κ1) is 73.8. The van der Waals surface area contributed by atoms with E-state index < -0.39 is 135 Å². The smallest absolute Gasteiger partial charge is 0.347 e. The second-order valence-corrected chi connectivity index (χ2v) is 28.0. The van der Waals surface area contributed by atoms with Crippen LogP contribution in [0.5, 0.6) is 0 Å². The molecule has 8 atom stereocenters. The van der Waals surface area contributed by atoms with Gasteiger partial charge in [-0.15, -0.1) is 22.7 Å². The molecule has 0 spiro atoms. The van der Waals surface area contributed by atoms with Gasteiger partial charge in [-0.2, -0.15) is 8.61 Å². The van der Waals surface area contributed by atoms with Gasteiger partial charge in [-0.3, -0.25) is 14.4 Å². The van der Waals surface area contributed by atoms with Gasteiger partial charge in [-0.1, -0.05) is 13.8 Å². The number of aliphatic carboxylic acids is 1. The van der Waals surface area contributed by atoms with Crippen LogP contribution in [0.15, 0.2) is 29.0 Å². The number of hydrogen-bond acceptors (Lipinski definition) is 28. The zero-order chi connectivity index (χ0) is 63.5. The van der Waals surface area contributed by atoms with E-state index in [1.807, 2.05) is 13.8 Å². The van der Waals surface area contributed by atoms with Crippen molar-refractivity contribution in [2.75, 3.05) is 66.7 Å². The summed E-state index contributed by atoms with van der Waals surface area (Å²) in [5.41, 5.74) is 0.745. The zero-order valence-electron chi connectivity index (χ0n) is 47.5. The molecular formula is C46H72N6O25S6. The highest BCUT2D eigenvalue weighted by atomic mass is 32.3. The van der Waals surface area contributed by atoms with Gasteiger partial charge in [0.05, 0.1) is 0 Å². The van der Waals surface area contributed by atoms with E-state index in [1.165, 1.54) is 48.6 Å². The van der Waals surface area contributed by atoms with E-state index in [0.29, 0.717) is 73.9 Å². The quantitative estimate of drug-likeness (QED) is 0.0447. The molecule has 0 bridgehead atoms. The van der Waals surface area contributed by atoms with Crippen molar-refractivity contribution < 1.29 is 115 Å². The molecule has 2 aromatic heterocycles. The van der Waals surface area contributed by atoms with Crippen molar-refractivity contribution in [2.24, 2.45) is 5.14 Å². The molecule has 6 N–H and O–H groups in total. The zero-order valence-corrected chi connectivity index (χ0v) is 52.4. The van der Waals surface area contributed by atoms with Crippen molar-refractivity contribution >= 4 is 110 Å². The fourth-order valence-electron chi connectivity index (χ4n) is 7.10. The number of methoxy groups -OCH3 is 2. The third-order valence-corrected chi connectivity index (χ3v) is 21.5. The van der Waals surface area contributed by atoms with E-state index in [1.54, 1.807) is 11.8 Å². The number of nitrogens with zero attached hydrogens (tertiary/aromatic N) is 2. The number of primary sulfonamides is 1. The maximum Gasteiger partial charge on any atom is 0.347 e. The summed E-state index contributed by atoms with van der Waals surface area (Å²) >= 11 is 1.21. The molecule has 0 saturated carbocycles. The van der Waals surface area contributed by atoms with Crippen LogP contribution in [0.3, 0.4) is 0 Å². The Bertz CT molecular complexity index is 3080.